The van der Waals surface area contributed by atoms with Gasteiger partial charge in [-0.2, -0.15) is 11.8 Å². The number of hydrogen-bond donors (Lipinski definition) is 1. The van der Waals surface area contributed by atoms with E-state index in [1.165, 1.54) is 0 Å². The van der Waals surface area contributed by atoms with Gasteiger partial charge in [-0.25, -0.2) is 4.98 Å². The van der Waals surface area contributed by atoms with E-state index in [9.17, 15) is 4.79 Å². The van der Waals surface area contributed by atoms with Gasteiger partial charge in [0, 0.05) is 35.5 Å². The van der Waals surface area contributed by atoms with Gasteiger partial charge in [0.1, 0.15) is 5.82 Å². The van der Waals surface area contributed by atoms with Crippen LogP contribution in [-0.2, 0) is 5.41 Å². The smallest absolute Gasteiger partial charge is 0.254 e. The van der Waals surface area contributed by atoms with Crippen LogP contribution < -0.4 is 5.73 Å². The molecule has 1 aromatic rings. The summed E-state index contributed by atoms with van der Waals surface area (Å²) >= 11 is 1.90. The number of nitrogen functional groups attached to an aromatic ring is 1. The highest BCUT2D eigenvalue weighted by Crippen LogP contribution is 2.25. The van der Waals surface area contributed by atoms with Gasteiger partial charge in [-0.1, -0.05) is 20.8 Å². The fourth-order valence-corrected chi connectivity index (χ4v) is 3.52. The average Bonchev–Trinajstić information content (AvgIpc) is 2.89. The maximum absolute atomic E-state index is 12.6. The number of hydrogen-bond acceptors (Lipinski definition) is 4. The summed E-state index contributed by atoms with van der Waals surface area (Å²) in [6, 6.07) is 3.88. The lowest BCUT2D eigenvalue weighted by Gasteiger charge is -2.25. The van der Waals surface area contributed by atoms with Gasteiger partial charge < -0.3 is 10.6 Å². The first-order valence-electron chi connectivity index (χ1n) is 6.92. The molecule has 0 spiro atoms. The molecule has 1 amide bonds. The minimum absolute atomic E-state index is 0.0390. The first kappa shape index (κ1) is 15.2. The van der Waals surface area contributed by atoms with Crippen molar-refractivity contribution in [2.24, 2.45) is 0 Å². The number of carbonyl (C=O) groups excluding carboxylic acids is 1. The quantitative estimate of drug-likeness (QED) is 0.910. The summed E-state index contributed by atoms with van der Waals surface area (Å²) in [5.41, 5.74) is 7.24. The standard InChI is InChI=1S/C15H23N3OS/c1-15(2,3)12-7-10(8-13(16)17-12)14(19)18(4)11-5-6-20-9-11/h7-8,11H,5-6,9H2,1-4H3,(H2,16,17). The topological polar surface area (TPSA) is 59.2 Å². The minimum Gasteiger partial charge on any atom is -0.384 e. The number of thioether (sulfide) groups is 1. The van der Waals surface area contributed by atoms with E-state index < -0.39 is 0 Å². The predicted octanol–water partition coefficient (Wildman–Crippen LogP) is 2.54. The van der Waals surface area contributed by atoms with E-state index in [1.54, 1.807) is 6.07 Å². The Labute approximate surface area is 125 Å². The largest absolute Gasteiger partial charge is 0.384 e. The third-order valence-electron chi connectivity index (χ3n) is 3.63. The van der Waals surface area contributed by atoms with E-state index in [-0.39, 0.29) is 11.3 Å². The van der Waals surface area contributed by atoms with Crippen molar-refractivity contribution in [2.75, 3.05) is 24.3 Å². The molecular formula is C15H23N3OS. The van der Waals surface area contributed by atoms with E-state index in [1.807, 2.05) is 29.8 Å². The highest BCUT2D eigenvalue weighted by Gasteiger charge is 2.26. The third-order valence-corrected chi connectivity index (χ3v) is 4.78. The second-order valence-electron chi connectivity index (χ2n) is 6.35. The molecule has 1 unspecified atom stereocenters. The van der Waals surface area contributed by atoms with Crippen LogP contribution in [0, 0.1) is 0 Å². The molecule has 1 aliphatic heterocycles. The van der Waals surface area contributed by atoms with Crippen molar-refractivity contribution in [1.29, 1.82) is 0 Å². The molecular weight excluding hydrogens is 270 g/mol. The Bertz CT molecular complexity index is 504. The lowest BCUT2D eigenvalue weighted by molar-refractivity contribution is 0.0747. The minimum atomic E-state index is -0.119. The van der Waals surface area contributed by atoms with Gasteiger partial charge in [0.05, 0.1) is 0 Å². The number of rotatable bonds is 2. The molecule has 0 radical (unpaired) electrons. The fourth-order valence-electron chi connectivity index (χ4n) is 2.26. The van der Waals surface area contributed by atoms with E-state index in [0.717, 1.165) is 23.6 Å². The summed E-state index contributed by atoms with van der Waals surface area (Å²) < 4.78 is 0. The van der Waals surface area contributed by atoms with Crippen LogP contribution in [0.5, 0.6) is 0 Å². The molecule has 2 heterocycles. The molecule has 0 bridgehead atoms. The summed E-state index contributed by atoms with van der Waals surface area (Å²) in [6.07, 6.45) is 1.07. The highest BCUT2D eigenvalue weighted by molar-refractivity contribution is 7.99. The van der Waals surface area contributed by atoms with E-state index in [2.05, 4.69) is 25.8 Å². The molecule has 0 aliphatic carbocycles. The monoisotopic (exact) mass is 293 g/mol. The molecule has 1 aromatic heterocycles. The van der Waals surface area contributed by atoms with E-state index >= 15 is 0 Å². The van der Waals surface area contributed by atoms with Crippen LogP contribution in [0.25, 0.3) is 0 Å². The van der Waals surface area contributed by atoms with E-state index in [0.29, 0.717) is 17.4 Å². The van der Waals surface area contributed by atoms with Gasteiger partial charge in [0.25, 0.3) is 5.91 Å². The number of aromatic nitrogens is 1. The molecule has 1 atom stereocenters. The number of nitrogens with two attached hydrogens (primary N) is 1. The van der Waals surface area contributed by atoms with Crippen LogP contribution in [0.4, 0.5) is 5.82 Å². The van der Waals surface area contributed by atoms with Crippen molar-refractivity contribution >= 4 is 23.5 Å². The summed E-state index contributed by atoms with van der Waals surface area (Å²) in [4.78, 5) is 18.8. The Balaban J connectivity index is 2.27. The molecule has 20 heavy (non-hydrogen) atoms. The first-order chi connectivity index (χ1) is 9.29. The fraction of sp³-hybridized carbons (Fsp3) is 0.600. The molecule has 1 fully saturated rings. The Kier molecular flexibility index (Phi) is 4.28. The maximum Gasteiger partial charge on any atom is 0.254 e. The normalized spacial score (nSPS) is 19.1. The van der Waals surface area contributed by atoms with Crippen molar-refractivity contribution in [2.45, 2.75) is 38.6 Å². The SMILES string of the molecule is CN(C(=O)c1cc(N)nc(C(C)(C)C)c1)C1CCSC1. The van der Waals surface area contributed by atoms with Crippen LogP contribution >= 0.6 is 11.8 Å². The van der Waals surface area contributed by atoms with Crippen LogP contribution in [0.2, 0.25) is 0 Å². The number of nitrogens with zero attached hydrogens (tertiary/aromatic N) is 2. The lowest BCUT2D eigenvalue weighted by Crippen LogP contribution is -2.37. The van der Waals surface area contributed by atoms with Crippen molar-refractivity contribution < 1.29 is 4.79 Å². The third kappa shape index (κ3) is 3.26. The lowest BCUT2D eigenvalue weighted by atomic mass is 9.90. The van der Waals surface area contributed by atoms with Crippen LogP contribution in [0.15, 0.2) is 12.1 Å². The zero-order valence-corrected chi connectivity index (χ0v) is 13.5. The molecule has 2 N–H and O–H groups in total. The van der Waals surface area contributed by atoms with Crippen molar-refractivity contribution in [3.05, 3.63) is 23.4 Å². The molecule has 5 heteroatoms. The summed E-state index contributed by atoms with van der Waals surface area (Å²) in [5, 5.41) is 0. The molecule has 110 valence electrons. The summed E-state index contributed by atoms with van der Waals surface area (Å²) in [7, 11) is 1.88. The number of carbonyl (C=O) groups is 1. The van der Waals surface area contributed by atoms with Gasteiger partial charge >= 0.3 is 0 Å². The average molecular weight is 293 g/mol. The Morgan fingerprint density at radius 2 is 2.15 bits per heavy atom. The van der Waals surface area contributed by atoms with Crippen molar-refractivity contribution in [3.63, 3.8) is 0 Å². The van der Waals surface area contributed by atoms with Gasteiger partial charge in [0.15, 0.2) is 0 Å². The second kappa shape index (κ2) is 5.64. The summed E-state index contributed by atoms with van der Waals surface area (Å²) in [6.45, 7) is 6.21. The highest BCUT2D eigenvalue weighted by atomic mass is 32.2. The Hall–Kier alpha value is -1.23. The molecule has 1 saturated heterocycles. The van der Waals surface area contributed by atoms with Gasteiger partial charge in [-0.05, 0) is 24.3 Å². The summed E-state index contributed by atoms with van der Waals surface area (Å²) in [5.74, 6) is 2.61. The predicted molar refractivity (Wildman–Crippen MR) is 85.2 cm³/mol. The number of pyridine rings is 1. The van der Waals surface area contributed by atoms with E-state index in [4.69, 9.17) is 5.73 Å². The Morgan fingerprint density at radius 3 is 2.70 bits per heavy atom. The van der Waals surface area contributed by atoms with Gasteiger partial charge in [-0.3, -0.25) is 4.79 Å². The van der Waals surface area contributed by atoms with Crippen molar-refractivity contribution in [3.8, 4) is 0 Å². The van der Waals surface area contributed by atoms with Crippen LogP contribution in [-0.4, -0.2) is 40.4 Å². The maximum atomic E-state index is 12.6. The number of amides is 1. The molecule has 1 aliphatic rings. The zero-order valence-electron chi connectivity index (χ0n) is 12.6. The first-order valence-corrected chi connectivity index (χ1v) is 8.07. The van der Waals surface area contributed by atoms with Gasteiger partial charge in [-0.15, -0.1) is 0 Å². The van der Waals surface area contributed by atoms with Gasteiger partial charge in [0.2, 0.25) is 0 Å². The number of anilines is 1. The van der Waals surface area contributed by atoms with Crippen LogP contribution in [0.3, 0.4) is 0 Å². The molecule has 4 nitrogen and oxygen atoms in total. The zero-order chi connectivity index (χ0) is 14.9. The second-order valence-corrected chi connectivity index (χ2v) is 7.50. The van der Waals surface area contributed by atoms with Crippen molar-refractivity contribution in [1.82, 2.24) is 9.88 Å². The Morgan fingerprint density at radius 1 is 1.45 bits per heavy atom. The molecule has 2 rings (SSSR count). The van der Waals surface area contributed by atoms with Crippen LogP contribution in [0.1, 0.15) is 43.2 Å². The molecule has 0 aromatic carbocycles. The molecule has 0 saturated carbocycles.